The van der Waals surface area contributed by atoms with Gasteiger partial charge in [-0.2, -0.15) is 0 Å². The van der Waals surface area contributed by atoms with Crippen molar-refractivity contribution in [3.8, 4) is 0 Å². The van der Waals surface area contributed by atoms with Gasteiger partial charge in [-0.15, -0.1) is 12.4 Å². The first kappa shape index (κ1) is 14.6. The largest absolute Gasteiger partial charge is 0.350 e. The Morgan fingerprint density at radius 2 is 2.13 bits per heavy atom. The number of carbonyl (C=O) groups is 1. The Kier molecular flexibility index (Phi) is 6.76. The lowest BCUT2D eigenvalue weighted by Crippen LogP contribution is -2.33. The third-order valence-corrected chi connectivity index (χ3v) is 2.62. The van der Waals surface area contributed by atoms with Gasteiger partial charge in [0.25, 0.3) is 6.43 Å². The molecule has 1 saturated carbocycles. The van der Waals surface area contributed by atoms with E-state index < -0.39 is 13.0 Å². The number of hydrogen-bond acceptors (Lipinski definition) is 2. The number of amides is 1. The number of nitrogens with two attached hydrogens (primary N) is 1. The summed E-state index contributed by atoms with van der Waals surface area (Å²) in [6.45, 7) is -0.555. The molecule has 0 bridgehead atoms. The van der Waals surface area contributed by atoms with E-state index in [0.717, 1.165) is 19.3 Å². The minimum absolute atomic E-state index is 0. The van der Waals surface area contributed by atoms with Gasteiger partial charge in [-0.05, 0) is 18.8 Å². The summed E-state index contributed by atoms with van der Waals surface area (Å²) < 4.78 is 23.5. The number of alkyl halides is 2. The molecule has 3 nitrogen and oxygen atoms in total. The van der Waals surface area contributed by atoms with Gasteiger partial charge >= 0.3 is 0 Å². The minimum Gasteiger partial charge on any atom is -0.350 e. The van der Waals surface area contributed by atoms with Crippen molar-refractivity contribution in [2.75, 3.05) is 6.54 Å². The van der Waals surface area contributed by atoms with Crippen LogP contribution in [0.5, 0.6) is 0 Å². The van der Waals surface area contributed by atoms with Gasteiger partial charge in [-0.1, -0.05) is 6.42 Å². The molecule has 6 heteroatoms. The smallest absolute Gasteiger partial charge is 0.255 e. The molecule has 90 valence electrons. The van der Waals surface area contributed by atoms with Gasteiger partial charge in [0.15, 0.2) is 0 Å². The van der Waals surface area contributed by atoms with Crippen LogP contribution in [0.15, 0.2) is 0 Å². The van der Waals surface area contributed by atoms with Crippen LogP contribution in [0.2, 0.25) is 0 Å². The summed E-state index contributed by atoms with van der Waals surface area (Å²) >= 11 is 0. The molecule has 1 fully saturated rings. The Hall–Kier alpha value is -0.420. The molecule has 0 radical (unpaired) electrons. The summed E-state index contributed by atoms with van der Waals surface area (Å²) in [5.74, 6) is -0.139. The molecular weight excluding hydrogens is 226 g/mol. The van der Waals surface area contributed by atoms with Crippen molar-refractivity contribution in [2.45, 2.75) is 38.2 Å². The molecule has 1 aliphatic rings. The van der Waals surface area contributed by atoms with Crippen molar-refractivity contribution in [3.05, 3.63) is 0 Å². The average Bonchev–Trinajstić information content (AvgIpc) is 2.49. The summed E-state index contributed by atoms with van der Waals surface area (Å²) in [6, 6.07) is 0.0623. The molecule has 0 saturated heterocycles. The Bertz CT molecular complexity index is 205. The van der Waals surface area contributed by atoms with Crippen LogP contribution in [0.3, 0.4) is 0 Å². The second kappa shape index (κ2) is 6.95. The van der Waals surface area contributed by atoms with Crippen LogP contribution in [0.4, 0.5) is 8.78 Å². The van der Waals surface area contributed by atoms with Gasteiger partial charge in [0.2, 0.25) is 5.91 Å². The van der Waals surface area contributed by atoms with Crippen LogP contribution >= 0.6 is 12.4 Å². The van der Waals surface area contributed by atoms with E-state index >= 15 is 0 Å². The van der Waals surface area contributed by atoms with Gasteiger partial charge in [-0.3, -0.25) is 4.79 Å². The zero-order valence-electron chi connectivity index (χ0n) is 8.42. The number of nitrogens with one attached hydrogen (secondary N) is 1. The predicted octanol–water partition coefficient (Wildman–Crippen LogP) is 1.31. The molecule has 0 spiro atoms. The number of hydrogen-bond donors (Lipinski definition) is 2. The zero-order valence-corrected chi connectivity index (χ0v) is 9.23. The van der Waals surface area contributed by atoms with Crippen molar-refractivity contribution in [1.82, 2.24) is 5.32 Å². The Morgan fingerprint density at radius 1 is 1.47 bits per heavy atom. The van der Waals surface area contributed by atoms with Crippen molar-refractivity contribution < 1.29 is 13.6 Å². The molecule has 1 amide bonds. The van der Waals surface area contributed by atoms with Gasteiger partial charge in [0.1, 0.15) is 0 Å². The van der Waals surface area contributed by atoms with Gasteiger partial charge in [-0.25, -0.2) is 8.78 Å². The first-order valence-electron chi connectivity index (χ1n) is 4.90. The molecule has 2 atom stereocenters. The topological polar surface area (TPSA) is 55.1 Å². The maximum absolute atomic E-state index is 11.7. The first-order valence-corrected chi connectivity index (χ1v) is 4.90. The fraction of sp³-hybridized carbons (Fsp3) is 0.889. The first-order chi connectivity index (χ1) is 6.59. The van der Waals surface area contributed by atoms with E-state index in [0.29, 0.717) is 0 Å². The average molecular weight is 243 g/mol. The minimum atomic E-state index is -2.48. The Labute approximate surface area is 94.2 Å². The van der Waals surface area contributed by atoms with Gasteiger partial charge in [0, 0.05) is 12.5 Å². The molecule has 1 aliphatic carbocycles. The van der Waals surface area contributed by atoms with Gasteiger partial charge < -0.3 is 11.1 Å². The highest BCUT2D eigenvalue weighted by Gasteiger charge is 2.25. The second-order valence-electron chi connectivity index (χ2n) is 3.75. The lowest BCUT2D eigenvalue weighted by Gasteiger charge is -2.14. The third kappa shape index (κ3) is 5.28. The highest BCUT2D eigenvalue weighted by molar-refractivity contribution is 5.85. The normalized spacial score (nSPS) is 25.1. The maximum atomic E-state index is 11.7. The lowest BCUT2D eigenvalue weighted by atomic mass is 10.00. The molecular formula is C9H17ClF2N2O. The number of rotatable bonds is 4. The molecule has 0 heterocycles. The van der Waals surface area contributed by atoms with Crippen molar-refractivity contribution in [2.24, 2.45) is 11.7 Å². The van der Waals surface area contributed by atoms with E-state index in [1.165, 1.54) is 0 Å². The van der Waals surface area contributed by atoms with E-state index in [2.05, 4.69) is 5.32 Å². The molecule has 3 N–H and O–H groups in total. The summed E-state index contributed by atoms with van der Waals surface area (Å²) in [4.78, 5) is 11.1. The SMILES string of the molecule is Cl.N[C@@H]1CCC[C@H]1CC(=O)NCC(F)F. The maximum Gasteiger partial charge on any atom is 0.255 e. The van der Waals surface area contributed by atoms with E-state index in [1.54, 1.807) is 0 Å². The Balaban J connectivity index is 0.00000196. The Morgan fingerprint density at radius 3 is 2.60 bits per heavy atom. The summed E-state index contributed by atoms with van der Waals surface area (Å²) in [7, 11) is 0. The fourth-order valence-corrected chi connectivity index (χ4v) is 1.82. The van der Waals surface area contributed by atoms with Crippen LogP contribution < -0.4 is 11.1 Å². The van der Waals surface area contributed by atoms with Crippen molar-refractivity contribution in [3.63, 3.8) is 0 Å². The zero-order chi connectivity index (χ0) is 10.6. The van der Waals surface area contributed by atoms with E-state index in [4.69, 9.17) is 5.73 Å². The van der Waals surface area contributed by atoms with Crippen LogP contribution in [0.1, 0.15) is 25.7 Å². The fourth-order valence-electron chi connectivity index (χ4n) is 1.82. The number of halogens is 3. The van der Waals surface area contributed by atoms with E-state index in [9.17, 15) is 13.6 Å². The third-order valence-electron chi connectivity index (χ3n) is 2.62. The molecule has 0 aromatic carbocycles. The van der Waals surface area contributed by atoms with Gasteiger partial charge in [0.05, 0.1) is 6.54 Å². The van der Waals surface area contributed by atoms with Crippen molar-refractivity contribution in [1.29, 1.82) is 0 Å². The van der Waals surface area contributed by atoms with Crippen LogP contribution in [0, 0.1) is 5.92 Å². The molecule has 0 unspecified atom stereocenters. The highest BCUT2D eigenvalue weighted by atomic mass is 35.5. The molecule has 0 aromatic heterocycles. The quantitative estimate of drug-likeness (QED) is 0.781. The monoisotopic (exact) mass is 242 g/mol. The van der Waals surface area contributed by atoms with Crippen LogP contribution in [-0.4, -0.2) is 24.9 Å². The summed E-state index contributed by atoms with van der Waals surface area (Å²) in [6.07, 6.45) is 0.717. The summed E-state index contributed by atoms with van der Waals surface area (Å²) in [5.41, 5.74) is 5.76. The van der Waals surface area contributed by atoms with Crippen molar-refractivity contribution >= 4 is 18.3 Å². The number of carbonyl (C=O) groups excluding carboxylic acids is 1. The van der Waals surface area contributed by atoms with E-state index in [-0.39, 0.29) is 36.7 Å². The second-order valence-corrected chi connectivity index (χ2v) is 3.75. The van der Waals surface area contributed by atoms with Crippen LogP contribution in [0.25, 0.3) is 0 Å². The molecule has 0 aliphatic heterocycles. The molecule has 0 aromatic rings. The summed E-state index contributed by atoms with van der Waals surface area (Å²) in [5, 5.41) is 2.19. The molecule has 15 heavy (non-hydrogen) atoms. The standard InChI is InChI=1S/C9H16F2N2O.ClH/c10-8(11)5-13-9(14)4-6-2-1-3-7(6)12;/h6-8H,1-5,12H2,(H,13,14);1H/t6-,7+;/m0./s1. The predicted molar refractivity (Wildman–Crippen MR) is 56.2 cm³/mol. The van der Waals surface area contributed by atoms with Crippen LogP contribution in [-0.2, 0) is 4.79 Å². The van der Waals surface area contributed by atoms with E-state index in [1.807, 2.05) is 0 Å². The highest BCUT2D eigenvalue weighted by Crippen LogP contribution is 2.26. The lowest BCUT2D eigenvalue weighted by molar-refractivity contribution is -0.122. The molecule has 1 rings (SSSR count).